The molecule has 8 heteroatoms. The maximum atomic E-state index is 12.2. The van der Waals surface area contributed by atoms with Crippen LogP contribution in [0.5, 0.6) is 0 Å². The molecule has 0 aliphatic heterocycles. The number of amides is 1. The minimum atomic E-state index is -0.332. The molecule has 0 atom stereocenters. The maximum Gasteiger partial charge on any atom is 0.269 e. The number of nitrogens with zero attached hydrogens (tertiary/aromatic N) is 3. The Bertz CT molecular complexity index is 917. The monoisotopic (exact) mass is 382 g/mol. The standard InChI is InChI=1S/C19H19ClN6O/c1-2-26(15-6-4-3-5-7-15)18-16(21)17(22-12-23-18)24-25-19(27)13-8-10-14(20)11-9-13/h3-12H,2,21H2,1H3,(H,25,27)(H,22,23,24). The van der Waals surface area contributed by atoms with Crippen molar-refractivity contribution >= 4 is 40.5 Å². The molecule has 0 saturated carbocycles. The number of para-hydroxylation sites is 1. The van der Waals surface area contributed by atoms with Crippen LogP contribution in [-0.4, -0.2) is 22.4 Å². The number of benzene rings is 2. The lowest BCUT2D eigenvalue weighted by Crippen LogP contribution is -2.30. The van der Waals surface area contributed by atoms with E-state index in [-0.39, 0.29) is 5.91 Å². The molecule has 1 amide bonds. The van der Waals surface area contributed by atoms with E-state index < -0.39 is 0 Å². The molecule has 0 aliphatic carbocycles. The van der Waals surface area contributed by atoms with Crippen LogP contribution in [0.3, 0.4) is 0 Å². The lowest BCUT2D eigenvalue weighted by Gasteiger charge is -2.24. The molecule has 1 aromatic heterocycles. The van der Waals surface area contributed by atoms with Crippen LogP contribution < -0.4 is 21.5 Å². The highest BCUT2D eigenvalue weighted by atomic mass is 35.5. The van der Waals surface area contributed by atoms with E-state index in [0.29, 0.717) is 34.5 Å². The summed E-state index contributed by atoms with van der Waals surface area (Å²) in [6.07, 6.45) is 1.40. The number of hydrogen-bond acceptors (Lipinski definition) is 6. The molecule has 1 heterocycles. The van der Waals surface area contributed by atoms with Gasteiger partial charge in [-0.15, -0.1) is 0 Å². The summed E-state index contributed by atoms with van der Waals surface area (Å²) in [5.74, 6) is 0.542. The van der Waals surface area contributed by atoms with Gasteiger partial charge in [0.1, 0.15) is 12.0 Å². The molecular formula is C19H19ClN6O. The molecule has 3 aromatic rings. The van der Waals surface area contributed by atoms with Gasteiger partial charge in [-0.1, -0.05) is 29.8 Å². The molecule has 0 spiro atoms. The van der Waals surface area contributed by atoms with E-state index in [1.165, 1.54) is 6.33 Å². The summed E-state index contributed by atoms with van der Waals surface area (Å²) in [7, 11) is 0. The first-order valence-corrected chi connectivity index (χ1v) is 8.73. The Balaban J connectivity index is 1.78. The molecule has 7 nitrogen and oxygen atoms in total. The van der Waals surface area contributed by atoms with E-state index in [9.17, 15) is 4.79 Å². The van der Waals surface area contributed by atoms with Gasteiger partial charge in [-0.3, -0.25) is 15.6 Å². The minimum absolute atomic E-state index is 0.316. The van der Waals surface area contributed by atoms with Gasteiger partial charge in [0.25, 0.3) is 5.91 Å². The highest BCUT2D eigenvalue weighted by molar-refractivity contribution is 6.30. The fourth-order valence-electron chi connectivity index (χ4n) is 2.55. The summed E-state index contributed by atoms with van der Waals surface area (Å²) in [6, 6.07) is 16.3. The number of nitrogen functional groups attached to an aromatic ring is 1. The van der Waals surface area contributed by atoms with E-state index in [2.05, 4.69) is 20.8 Å². The van der Waals surface area contributed by atoms with Crippen molar-refractivity contribution in [1.29, 1.82) is 0 Å². The second-order valence-corrected chi connectivity index (χ2v) is 6.06. The Labute approximate surface area is 162 Å². The Hall–Kier alpha value is -3.32. The van der Waals surface area contributed by atoms with Crippen LogP contribution in [0.15, 0.2) is 60.9 Å². The fourth-order valence-corrected chi connectivity index (χ4v) is 2.68. The highest BCUT2D eigenvalue weighted by Gasteiger charge is 2.16. The Kier molecular flexibility index (Phi) is 5.73. The van der Waals surface area contributed by atoms with Crippen LogP contribution >= 0.6 is 11.6 Å². The number of anilines is 4. The van der Waals surface area contributed by atoms with Crippen LogP contribution in [0.2, 0.25) is 5.02 Å². The van der Waals surface area contributed by atoms with Crippen LogP contribution in [0.4, 0.5) is 23.0 Å². The third-order valence-corrected chi connectivity index (χ3v) is 4.16. The van der Waals surface area contributed by atoms with Crippen molar-refractivity contribution in [3.8, 4) is 0 Å². The quantitative estimate of drug-likeness (QED) is 0.563. The summed E-state index contributed by atoms with van der Waals surface area (Å²) in [5.41, 5.74) is 13.3. The Morgan fingerprint density at radius 3 is 2.48 bits per heavy atom. The molecule has 27 heavy (non-hydrogen) atoms. The Morgan fingerprint density at radius 2 is 1.81 bits per heavy atom. The molecular weight excluding hydrogens is 364 g/mol. The first-order chi connectivity index (χ1) is 13.1. The maximum absolute atomic E-state index is 12.2. The van der Waals surface area contributed by atoms with Gasteiger partial charge < -0.3 is 10.6 Å². The van der Waals surface area contributed by atoms with E-state index in [4.69, 9.17) is 17.3 Å². The van der Waals surface area contributed by atoms with E-state index in [1.54, 1.807) is 24.3 Å². The third kappa shape index (κ3) is 4.27. The zero-order valence-corrected chi connectivity index (χ0v) is 15.4. The summed E-state index contributed by atoms with van der Waals surface area (Å²) < 4.78 is 0. The Morgan fingerprint density at radius 1 is 1.11 bits per heavy atom. The molecule has 0 aliphatic rings. The topological polar surface area (TPSA) is 96.2 Å². The number of hydrazine groups is 1. The normalized spacial score (nSPS) is 10.3. The zero-order valence-electron chi connectivity index (χ0n) is 14.7. The van der Waals surface area contributed by atoms with Crippen molar-refractivity contribution in [3.05, 3.63) is 71.5 Å². The van der Waals surface area contributed by atoms with Crippen LogP contribution in [0.25, 0.3) is 0 Å². The van der Waals surface area contributed by atoms with Crippen LogP contribution in [-0.2, 0) is 0 Å². The van der Waals surface area contributed by atoms with E-state index in [0.717, 1.165) is 5.69 Å². The highest BCUT2D eigenvalue weighted by Crippen LogP contribution is 2.31. The number of hydrogen-bond donors (Lipinski definition) is 3. The number of carbonyl (C=O) groups excluding carboxylic acids is 1. The molecule has 0 radical (unpaired) electrons. The molecule has 138 valence electrons. The first kappa shape index (κ1) is 18.5. The van der Waals surface area contributed by atoms with Crippen LogP contribution in [0.1, 0.15) is 17.3 Å². The van der Waals surface area contributed by atoms with Crippen molar-refractivity contribution in [2.75, 3.05) is 22.6 Å². The van der Waals surface area contributed by atoms with E-state index in [1.807, 2.05) is 42.2 Å². The van der Waals surface area contributed by atoms with Crippen molar-refractivity contribution < 1.29 is 4.79 Å². The van der Waals surface area contributed by atoms with Crippen molar-refractivity contribution in [3.63, 3.8) is 0 Å². The average molecular weight is 383 g/mol. The first-order valence-electron chi connectivity index (χ1n) is 8.35. The van der Waals surface area contributed by atoms with Gasteiger partial charge in [-0.05, 0) is 43.3 Å². The lowest BCUT2D eigenvalue weighted by atomic mass is 10.2. The number of halogens is 1. The lowest BCUT2D eigenvalue weighted by molar-refractivity contribution is 0.0962. The fraction of sp³-hybridized carbons (Fsp3) is 0.105. The summed E-state index contributed by atoms with van der Waals surface area (Å²) in [6.45, 7) is 2.67. The number of aromatic nitrogens is 2. The molecule has 2 aromatic carbocycles. The van der Waals surface area contributed by atoms with Gasteiger partial charge in [0.2, 0.25) is 0 Å². The van der Waals surface area contributed by atoms with Gasteiger partial charge in [0, 0.05) is 22.8 Å². The van der Waals surface area contributed by atoms with E-state index >= 15 is 0 Å². The zero-order chi connectivity index (χ0) is 19.2. The smallest absolute Gasteiger partial charge is 0.269 e. The predicted octanol–water partition coefficient (Wildman–Crippen LogP) is 3.63. The molecule has 0 unspecified atom stereocenters. The number of nitrogens with two attached hydrogens (primary N) is 1. The number of carbonyl (C=O) groups is 1. The van der Waals surface area contributed by atoms with Gasteiger partial charge >= 0.3 is 0 Å². The third-order valence-electron chi connectivity index (χ3n) is 3.90. The van der Waals surface area contributed by atoms with Crippen molar-refractivity contribution in [2.45, 2.75) is 6.92 Å². The van der Waals surface area contributed by atoms with Gasteiger partial charge in [0.15, 0.2) is 11.6 Å². The van der Waals surface area contributed by atoms with Crippen molar-refractivity contribution in [2.24, 2.45) is 0 Å². The summed E-state index contributed by atoms with van der Waals surface area (Å²) in [5, 5.41) is 0.560. The van der Waals surface area contributed by atoms with Crippen LogP contribution in [0, 0.1) is 0 Å². The molecule has 0 fully saturated rings. The number of nitrogens with one attached hydrogen (secondary N) is 2. The molecule has 3 rings (SSSR count). The molecule has 0 saturated heterocycles. The predicted molar refractivity (Wildman–Crippen MR) is 108 cm³/mol. The second-order valence-electron chi connectivity index (χ2n) is 5.63. The summed E-state index contributed by atoms with van der Waals surface area (Å²) >= 11 is 5.84. The van der Waals surface area contributed by atoms with Crippen molar-refractivity contribution in [1.82, 2.24) is 15.4 Å². The number of rotatable bonds is 6. The average Bonchev–Trinajstić information content (AvgIpc) is 2.70. The van der Waals surface area contributed by atoms with Gasteiger partial charge in [-0.25, -0.2) is 9.97 Å². The molecule has 4 N–H and O–H groups in total. The second kappa shape index (κ2) is 8.37. The molecule has 0 bridgehead atoms. The largest absolute Gasteiger partial charge is 0.393 e. The SMILES string of the molecule is CCN(c1ccccc1)c1ncnc(NNC(=O)c2ccc(Cl)cc2)c1N. The van der Waals surface area contributed by atoms with Gasteiger partial charge in [-0.2, -0.15) is 0 Å². The summed E-state index contributed by atoms with van der Waals surface area (Å²) in [4.78, 5) is 22.6. The van der Waals surface area contributed by atoms with Gasteiger partial charge in [0.05, 0.1) is 0 Å². The minimum Gasteiger partial charge on any atom is -0.393 e.